The standard InChI is InChI=1S/C13H19NO2.C11H12O2.C9H19NO2.C9H14O3.C8H17NO2.2C8H12O3.C7H15NO2S.C7H10O3/c1-10(2)9-16-13(15)12(14)8-11-6-4-3-5-7-11;1-7(2)10-8-5-3-4-6-9(8)11(12)13-10;1-6(2)5-12-9(11)8(10)7(3)4;1-5(2)6(3)8-7(4)11-9(10)12-8;1-4-7(9)8(10)11-5-6(2)3;1-5(2)6(3)7-4-10-8(9)11-7;1-5(2)4-7-6(3)10-8(9)11-7;1-5(2)3-10-7(9)6(8)4-11;1-5(2)3-6-4-9-7(8)10-6/h3-7,10,12H,8-9,14H2,1-2H3;3-7,10H,1-2H3;6-8H,5,10H2,1-4H3;5-6H,1-4H3;6-7H,4-5,9H2,1-3H3;4-6H,1-3H3;5H,4H2,1-3H3;5-6,11H,3-4,8H2,1-2H3;4-5H,3H2,1-2H3/t12-;;8-;;7-;;;6-;/m0.0.0..0./s1. The molecule has 1 aliphatic heterocycles. The SMILES string of the molecule is CC(C)C(C)c1coc(=O)o1.CC(C)C1OC(=O)c2ccccc21.CC(C)COC(=O)[C@@H](N)C(C)C.CC(C)COC(=O)[C@@H](N)CS.CC(C)COC(=O)[C@@H](N)Cc1ccccc1.CC(C)Cc1coc(=O)o1.CC[C@H](N)C(=O)OCC(C)C.Cc1oc(=O)oc1C(C)C(C)C.Cc1oc(=O)oc1CC(C)C. The van der Waals surface area contributed by atoms with Gasteiger partial charge in [0.05, 0.1) is 32.0 Å². The monoisotopic (exact) mass is 1530 g/mol. The van der Waals surface area contributed by atoms with Crippen LogP contribution in [0.2, 0.25) is 0 Å². The average molecular weight is 1530 g/mol. The number of carbonyl (C=O) groups is 5. The predicted molar refractivity (Wildman–Crippen MR) is 416 cm³/mol. The molecule has 4 aromatic heterocycles. The van der Waals surface area contributed by atoms with Gasteiger partial charge in [0.1, 0.15) is 71.6 Å². The molecule has 7 atom stereocenters. The van der Waals surface area contributed by atoms with Crippen LogP contribution >= 0.6 is 12.6 Å². The zero-order valence-corrected chi connectivity index (χ0v) is 69.2. The van der Waals surface area contributed by atoms with E-state index in [4.69, 9.17) is 68.7 Å². The summed E-state index contributed by atoms with van der Waals surface area (Å²) in [5.41, 5.74) is 24.9. The lowest BCUT2D eigenvalue weighted by Gasteiger charge is -2.15. The Labute approximate surface area is 638 Å². The van der Waals surface area contributed by atoms with Crippen LogP contribution in [0.3, 0.4) is 0 Å². The van der Waals surface area contributed by atoms with Gasteiger partial charge in [-0.05, 0) is 97.5 Å². The summed E-state index contributed by atoms with van der Waals surface area (Å²) in [4.78, 5) is 97.9. The van der Waals surface area contributed by atoms with Crippen molar-refractivity contribution < 1.29 is 83.0 Å². The predicted octanol–water partition coefficient (Wildman–Crippen LogP) is 14.3. The third-order valence-corrected chi connectivity index (χ3v) is 15.4. The van der Waals surface area contributed by atoms with Crippen molar-refractivity contribution >= 4 is 42.5 Å². The highest BCUT2D eigenvalue weighted by Crippen LogP contribution is 2.35. The molecule has 8 N–H and O–H groups in total. The second-order valence-corrected chi connectivity index (χ2v) is 30.1. The molecule has 0 saturated heterocycles. The molecule has 0 aliphatic carbocycles. The summed E-state index contributed by atoms with van der Waals surface area (Å²) in [7, 11) is 0. The number of fused-ring (bicyclic) bond motifs is 1. The molecular weight excluding hydrogens is 1400 g/mol. The molecule has 107 heavy (non-hydrogen) atoms. The zero-order chi connectivity index (χ0) is 82.5. The van der Waals surface area contributed by atoms with Crippen LogP contribution in [-0.2, 0) is 62.1 Å². The number of carbonyl (C=O) groups excluding carboxylic acids is 5. The van der Waals surface area contributed by atoms with Crippen molar-refractivity contribution in [2.24, 2.45) is 82.1 Å². The fourth-order valence-electron chi connectivity index (χ4n) is 8.09. The van der Waals surface area contributed by atoms with E-state index in [1.54, 1.807) is 13.8 Å². The normalized spacial score (nSPS) is 13.6. The van der Waals surface area contributed by atoms with Gasteiger partial charge in [0, 0.05) is 36.0 Å². The number of benzene rings is 2. The van der Waals surface area contributed by atoms with E-state index in [9.17, 15) is 43.2 Å². The Morgan fingerprint density at radius 2 is 0.888 bits per heavy atom. The summed E-state index contributed by atoms with van der Waals surface area (Å²) < 4.78 is 62.6. The second-order valence-electron chi connectivity index (χ2n) is 29.7. The van der Waals surface area contributed by atoms with Gasteiger partial charge in [-0.3, -0.25) is 19.2 Å². The molecule has 0 saturated carbocycles. The number of hydrogen-bond acceptors (Lipinski definition) is 27. The molecule has 26 nitrogen and oxygen atoms in total. The molecule has 7 rings (SSSR count). The van der Waals surface area contributed by atoms with Crippen molar-refractivity contribution in [3.63, 3.8) is 0 Å². The van der Waals surface area contributed by atoms with Gasteiger partial charge < -0.3 is 82.0 Å². The van der Waals surface area contributed by atoms with Crippen molar-refractivity contribution in [3.05, 3.63) is 161 Å². The first-order valence-corrected chi connectivity index (χ1v) is 37.4. The van der Waals surface area contributed by atoms with Gasteiger partial charge in [0.2, 0.25) is 0 Å². The molecule has 0 radical (unpaired) electrons. The number of cyclic esters (lactones) is 1. The van der Waals surface area contributed by atoms with Gasteiger partial charge in [0.25, 0.3) is 0 Å². The Morgan fingerprint density at radius 1 is 0.449 bits per heavy atom. The molecule has 0 fully saturated rings. The molecule has 5 heterocycles. The van der Waals surface area contributed by atoms with Crippen LogP contribution in [0.25, 0.3) is 0 Å². The van der Waals surface area contributed by atoms with E-state index in [-0.39, 0.29) is 53.7 Å². The Balaban J connectivity index is 0. The number of thiol groups is 1. The maximum absolute atomic E-state index is 11.5. The quantitative estimate of drug-likeness (QED) is 0.0191. The van der Waals surface area contributed by atoms with E-state index in [0.717, 1.165) is 29.5 Å². The minimum Gasteiger partial charge on any atom is -0.464 e. The lowest BCUT2D eigenvalue weighted by Crippen LogP contribution is -2.37. The highest BCUT2D eigenvalue weighted by molar-refractivity contribution is 7.80. The highest BCUT2D eigenvalue weighted by atomic mass is 32.1. The number of hydrogen-bond donors (Lipinski definition) is 5. The molecule has 0 spiro atoms. The first kappa shape index (κ1) is 101. The van der Waals surface area contributed by atoms with Gasteiger partial charge in [-0.25, -0.2) is 24.0 Å². The van der Waals surface area contributed by atoms with Crippen LogP contribution < -0.4 is 46.2 Å². The van der Waals surface area contributed by atoms with E-state index >= 15 is 0 Å². The molecule has 3 unspecified atom stereocenters. The van der Waals surface area contributed by atoms with Gasteiger partial charge in [-0.1, -0.05) is 208 Å². The van der Waals surface area contributed by atoms with E-state index in [1.165, 1.54) is 12.5 Å². The lowest BCUT2D eigenvalue weighted by atomic mass is 9.95. The van der Waals surface area contributed by atoms with Crippen molar-refractivity contribution in [2.75, 3.05) is 32.2 Å². The van der Waals surface area contributed by atoms with E-state index < -0.39 is 47.5 Å². The smallest absolute Gasteiger partial charge is 0.464 e. The van der Waals surface area contributed by atoms with Crippen LogP contribution in [0.5, 0.6) is 0 Å². The Kier molecular flexibility index (Phi) is 51.6. The van der Waals surface area contributed by atoms with Gasteiger partial charge in [0.15, 0.2) is 5.76 Å². The summed E-state index contributed by atoms with van der Waals surface area (Å²) in [5, 5.41) is 0. The van der Waals surface area contributed by atoms with Crippen LogP contribution in [0.1, 0.15) is 240 Å². The number of aryl methyl sites for hydroxylation is 2. The molecule has 608 valence electrons. The molecule has 0 amide bonds. The number of esters is 5. The first-order valence-electron chi connectivity index (χ1n) is 36.8. The molecule has 6 aromatic rings. The highest BCUT2D eigenvalue weighted by Gasteiger charge is 2.32. The molecule has 27 heteroatoms. The van der Waals surface area contributed by atoms with Gasteiger partial charge >= 0.3 is 53.1 Å². The van der Waals surface area contributed by atoms with Crippen molar-refractivity contribution in [3.8, 4) is 0 Å². The summed E-state index contributed by atoms with van der Waals surface area (Å²) in [6, 6.07) is 15.2. The molecule has 0 bridgehead atoms. The molecule has 1 aliphatic rings. The Hall–Kier alpha value is -7.98. The first-order chi connectivity index (χ1) is 49.8. The third kappa shape index (κ3) is 45.4. The van der Waals surface area contributed by atoms with Crippen molar-refractivity contribution in [2.45, 2.75) is 241 Å². The van der Waals surface area contributed by atoms with Crippen molar-refractivity contribution in [1.82, 2.24) is 0 Å². The largest absolute Gasteiger partial charge is 0.519 e. The fourth-order valence-corrected chi connectivity index (χ4v) is 8.24. The topological polar surface area (TPSA) is 409 Å². The van der Waals surface area contributed by atoms with Gasteiger partial charge in [-0.15, -0.1) is 0 Å². The maximum Gasteiger partial charge on any atom is 0.519 e. The lowest BCUT2D eigenvalue weighted by molar-refractivity contribution is -0.148. The summed E-state index contributed by atoms with van der Waals surface area (Å²) >= 11 is 3.87. The number of ether oxygens (including phenoxy) is 5. The van der Waals surface area contributed by atoms with E-state index in [0.29, 0.717) is 133 Å². The zero-order valence-electron chi connectivity index (χ0n) is 68.3. The van der Waals surface area contributed by atoms with Crippen molar-refractivity contribution in [1.29, 1.82) is 0 Å². The van der Waals surface area contributed by atoms with Crippen LogP contribution in [0.4, 0.5) is 0 Å². The number of nitrogens with two attached hydrogens (primary N) is 4. The molecular formula is C80H130N4O22S. The average Bonchev–Trinajstić information content (AvgIpc) is 1.68. The minimum atomic E-state index is -0.618. The summed E-state index contributed by atoms with van der Waals surface area (Å²) in [5.74, 6) is 4.50. The summed E-state index contributed by atoms with van der Waals surface area (Å²) in [6.07, 6.45) is 5.37. The second kappa shape index (κ2) is 54.6. The number of rotatable bonds is 26. The van der Waals surface area contributed by atoms with E-state index in [1.807, 2.05) is 158 Å². The Bertz CT molecular complexity index is 3590. The van der Waals surface area contributed by atoms with Crippen LogP contribution in [0.15, 0.2) is 122 Å². The van der Waals surface area contributed by atoms with Crippen LogP contribution in [0, 0.1) is 73.0 Å². The van der Waals surface area contributed by atoms with E-state index in [2.05, 4.69) is 81.3 Å². The minimum absolute atomic E-state index is 0.0521. The fraction of sp³-hybridized carbons (Fsp3) is 0.637. The Morgan fingerprint density at radius 3 is 1.27 bits per heavy atom. The molecule has 2 aromatic carbocycles. The summed E-state index contributed by atoms with van der Waals surface area (Å²) in [6.45, 7) is 51.5. The van der Waals surface area contributed by atoms with Gasteiger partial charge in [-0.2, -0.15) is 12.6 Å². The van der Waals surface area contributed by atoms with Crippen LogP contribution in [-0.4, -0.2) is 86.2 Å². The maximum atomic E-state index is 11.5. The third-order valence-electron chi connectivity index (χ3n) is 15.0.